The number of rotatable bonds is 9. The predicted octanol–water partition coefficient (Wildman–Crippen LogP) is 7.22. The molecule has 31 heavy (non-hydrogen) atoms. The number of aryl methyl sites for hydroxylation is 1. The molecule has 0 saturated heterocycles. The third kappa shape index (κ3) is 7.37. The van der Waals surface area contributed by atoms with E-state index in [0.717, 1.165) is 37.0 Å². The molecule has 160 valence electrons. The van der Waals surface area contributed by atoms with Gasteiger partial charge in [0.15, 0.2) is 0 Å². The van der Waals surface area contributed by atoms with Crippen molar-refractivity contribution in [2.24, 2.45) is 0 Å². The van der Waals surface area contributed by atoms with Gasteiger partial charge in [-0.25, -0.2) is 0 Å². The SMILES string of the molecule is CCOC(=O)CCc1ccc(OCC=C(c2ccc(Br)cc2)c2ccc(Br)cc2)cc1. The van der Waals surface area contributed by atoms with E-state index in [9.17, 15) is 4.79 Å². The highest BCUT2D eigenvalue weighted by Crippen LogP contribution is 2.26. The normalized spacial score (nSPS) is 10.4. The van der Waals surface area contributed by atoms with E-state index >= 15 is 0 Å². The summed E-state index contributed by atoms with van der Waals surface area (Å²) in [6.45, 7) is 2.68. The zero-order valence-corrected chi connectivity index (χ0v) is 20.5. The molecule has 0 spiro atoms. The third-order valence-electron chi connectivity index (χ3n) is 4.69. The van der Waals surface area contributed by atoms with Gasteiger partial charge >= 0.3 is 5.97 Å². The monoisotopic (exact) mass is 542 g/mol. The van der Waals surface area contributed by atoms with Gasteiger partial charge in [-0.3, -0.25) is 4.79 Å². The van der Waals surface area contributed by atoms with E-state index in [1.165, 1.54) is 0 Å². The van der Waals surface area contributed by atoms with E-state index in [2.05, 4.69) is 62.2 Å². The fourth-order valence-electron chi connectivity index (χ4n) is 3.11. The van der Waals surface area contributed by atoms with Crippen LogP contribution < -0.4 is 4.74 Å². The molecular weight excluding hydrogens is 520 g/mol. The molecule has 3 aromatic rings. The number of benzene rings is 3. The summed E-state index contributed by atoms with van der Waals surface area (Å²) in [7, 11) is 0. The summed E-state index contributed by atoms with van der Waals surface area (Å²) in [4.78, 5) is 11.5. The minimum absolute atomic E-state index is 0.165. The Labute approximate surface area is 200 Å². The highest BCUT2D eigenvalue weighted by molar-refractivity contribution is 9.10. The Morgan fingerprint density at radius 2 is 1.39 bits per heavy atom. The Bertz CT molecular complexity index is 961. The molecule has 0 aliphatic heterocycles. The average molecular weight is 544 g/mol. The highest BCUT2D eigenvalue weighted by atomic mass is 79.9. The van der Waals surface area contributed by atoms with Crippen LogP contribution in [0.4, 0.5) is 0 Å². The van der Waals surface area contributed by atoms with Crippen molar-refractivity contribution in [3.8, 4) is 5.75 Å². The second-order valence-electron chi connectivity index (χ2n) is 6.89. The lowest BCUT2D eigenvalue weighted by molar-refractivity contribution is -0.143. The molecule has 0 fully saturated rings. The van der Waals surface area contributed by atoms with Crippen LogP contribution in [0.2, 0.25) is 0 Å². The molecule has 0 saturated carbocycles. The highest BCUT2D eigenvalue weighted by Gasteiger charge is 2.06. The number of hydrogen-bond acceptors (Lipinski definition) is 3. The molecule has 0 aliphatic carbocycles. The minimum atomic E-state index is -0.165. The molecule has 0 aliphatic rings. The van der Waals surface area contributed by atoms with Crippen molar-refractivity contribution in [3.63, 3.8) is 0 Å². The standard InChI is InChI=1S/C26H24Br2O3/c1-2-30-26(29)16-5-19-3-14-24(15-4-19)31-18-17-25(20-6-10-22(27)11-7-20)21-8-12-23(28)13-9-21/h3-4,6-15,17H,2,5,16,18H2,1H3. The number of ether oxygens (including phenoxy) is 2. The van der Waals surface area contributed by atoms with Crippen LogP contribution in [0.1, 0.15) is 30.0 Å². The van der Waals surface area contributed by atoms with E-state index in [-0.39, 0.29) is 5.97 Å². The van der Waals surface area contributed by atoms with Crippen molar-refractivity contribution in [1.29, 1.82) is 0 Å². The largest absolute Gasteiger partial charge is 0.490 e. The van der Waals surface area contributed by atoms with Gasteiger partial charge in [-0.15, -0.1) is 0 Å². The molecule has 5 heteroatoms. The van der Waals surface area contributed by atoms with Gasteiger partial charge in [-0.05, 0) is 78.1 Å². The van der Waals surface area contributed by atoms with Crippen molar-refractivity contribution in [3.05, 3.63) is 105 Å². The zero-order valence-electron chi connectivity index (χ0n) is 17.3. The maximum atomic E-state index is 11.5. The van der Waals surface area contributed by atoms with Gasteiger partial charge in [0.05, 0.1) is 6.61 Å². The van der Waals surface area contributed by atoms with Gasteiger partial charge in [-0.2, -0.15) is 0 Å². The summed E-state index contributed by atoms with van der Waals surface area (Å²) in [6.07, 6.45) is 3.15. The summed E-state index contributed by atoms with van der Waals surface area (Å²) >= 11 is 7.00. The third-order valence-corrected chi connectivity index (χ3v) is 5.75. The second kappa shape index (κ2) is 11.9. The molecule has 0 unspecified atom stereocenters. The van der Waals surface area contributed by atoms with Crippen LogP contribution in [0.15, 0.2) is 87.8 Å². The molecule has 0 atom stereocenters. The van der Waals surface area contributed by atoms with Gasteiger partial charge in [0.2, 0.25) is 0 Å². The van der Waals surface area contributed by atoms with Gasteiger partial charge in [0.1, 0.15) is 12.4 Å². The van der Waals surface area contributed by atoms with E-state index in [0.29, 0.717) is 26.1 Å². The predicted molar refractivity (Wildman–Crippen MR) is 132 cm³/mol. The molecule has 3 aromatic carbocycles. The lowest BCUT2D eigenvalue weighted by Gasteiger charge is -2.11. The number of halogens is 2. The van der Waals surface area contributed by atoms with Gasteiger partial charge in [-0.1, -0.05) is 68.3 Å². The van der Waals surface area contributed by atoms with Crippen molar-refractivity contribution in [2.75, 3.05) is 13.2 Å². The molecule has 3 rings (SSSR count). The quantitative estimate of drug-likeness (QED) is 0.267. The molecule has 0 amide bonds. The summed E-state index contributed by atoms with van der Waals surface area (Å²) in [5.74, 6) is 0.628. The Morgan fingerprint density at radius 3 is 1.90 bits per heavy atom. The van der Waals surface area contributed by atoms with E-state index in [4.69, 9.17) is 9.47 Å². The van der Waals surface area contributed by atoms with E-state index < -0.39 is 0 Å². The van der Waals surface area contributed by atoms with Gasteiger partial charge in [0, 0.05) is 15.4 Å². The number of hydrogen-bond donors (Lipinski definition) is 0. The molecule has 0 bridgehead atoms. The Kier molecular flexibility index (Phi) is 8.92. The molecule has 0 heterocycles. The second-order valence-corrected chi connectivity index (χ2v) is 8.72. The van der Waals surface area contributed by atoms with Crippen molar-refractivity contribution >= 4 is 43.4 Å². The molecule has 0 aromatic heterocycles. The van der Waals surface area contributed by atoms with Crippen molar-refractivity contribution in [2.45, 2.75) is 19.8 Å². The first kappa shape index (κ1) is 23.3. The van der Waals surface area contributed by atoms with E-state index in [1.807, 2.05) is 55.5 Å². The number of carbonyl (C=O) groups excluding carboxylic acids is 1. The Morgan fingerprint density at radius 1 is 0.839 bits per heavy atom. The smallest absolute Gasteiger partial charge is 0.306 e. The maximum absolute atomic E-state index is 11.5. The number of esters is 1. The maximum Gasteiger partial charge on any atom is 0.306 e. The fraction of sp³-hybridized carbons (Fsp3) is 0.192. The molecule has 3 nitrogen and oxygen atoms in total. The first-order valence-corrected chi connectivity index (χ1v) is 11.7. The fourth-order valence-corrected chi connectivity index (χ4v) is 3.64. The molecular formula is C26H24Br2O3. The van der Waals surface area contributed by atoms with Gasteiger partial charge < -0.3 is 9.47 Å². The Balaban J connectivity index is 1.67. The van der Waals surface area contributed by atoms with Crippen LogP contribution in [0, 0.1) is 0 Å². The molecule has 0 N–H and O–H groups in total. The van der Waals surface area contributed by atoms with Crippen LogP contribution in [0.3, 0.4) is 0 Å². The lowest BCUT2D eigenvalue weighted by Crippen LogP contribution is -2.05. The van der Waals surface area contributed by atoms with Crippen LogP contribution in [0.25, 0.3) is 5.57 Å². The van der Waals surface area contributed by atoms with Crippen LogP contribution in [0.5, 0.6) is 5.75 Å². The summed E-state index contributed by atoms with van der Waals surface area (Å²) < 4.78 is 13.0. The zero-order chi connectivity index (χ0) is 22.1. The van der Waals surface area contributed by atoms with Crippen LogP contribution in [-0.4, -0.2) is 19.2 Å². The van der Waals surface area contributed by atoms with E-state index in [1.54, 1.807) is 0 Å². The van der Waals surface area contributed by atoms with Crippen LogP contribution in [-0.2, 0) is 16.0 Å². The minimum Gasteiger partial charge on any atom is -0.490 e. The Hall–Kier alpha value is -2.37. The first-order chi connectivity index (χ1) is 15.0. The van der Waals surface area contributed by atoms with Crippen molar-refractivity contribution < 1.29 is 14.3 Å². The summed E-state index contributed by atoms with van der Waals surface area (Å²) in [5.41, 5.74) is 4.46. The van der Waals surface area contributed by atoms with Gasteiger partial charge in [0.25, 0.3) is 0 Å². The number of carbonyl (C=O) groups is 1. The topological polar surface area (TPSA) is 35.5 Å². The van der Waals surface area contributed by atoms with Crippen molar-refractivity contribution in [1.82, 2.24) is 0 Å². The lowest BCUT2D eigenvalue weighted by atomic mass is 9.98. The summed E-state index contributed by atoms with van der Waals surface area (Å²) in [6, 6.07) is 24.4. The van der Waals surface area contributed by atoms with Crippen LogP contribution >= 0.6 is 31.9 Å². The first-order valence-electron chi connectivity index (χ1n) is 10.1. The average Bonchev–Trinajstić information content (AvgIpc) is 2.78. The molecule has 0 radical (unpaired) electrons. The summed E-state index contributed by atoms with van der Waals surface area (Å²) in [5, 5.41) is 0.